The van der Waals surface area contributed by atoms with Crippen LogP contribution >= 0.6 is 0 Å². The van der Waals surface area contributed by atoms with Gasteiger partial charge in [-0.1, -0.05) is 99.6 Å². The molecule has 3 aromatic heterocycles. The first-order chi connectivity index (χ1) is 28.4. The predicted octanol–water partition coefficient (Wildman–Crippen LogP) is 13.6. The van der Waals surface area contributed by atoms with Crippen LogP contribution < -0.4 is 14.5 Å². The van der Waals surface area contributed by atoms with Gasteiger partial charge in [-0.05, 0) is 95.9 Å². The van der Waals surface area contributed by atoms with E-state index < -0.39 is 0 Å². The number of ether oxygens (including phenoxy) is 1. The fourth-order valence-corrected chi connectivity index (χ4v) is 8.84. The summed E-state index contributed by atoms with van der Waals surface area (Å²) in [5.41, 5.74) is 11.5. The highest BCUT2D eigenvalue weighted by Crippen LogP contribution is 2.48. The van der Waals surface area contributed by atoms with E-state index in [-0.39, 0.29) is 5.41 Å². The first-order valence-electron chi connectivity index (χ1n) is 19.9. The minimum absolute atomic E-state index is 0.00124. The lowest BCUT2D eigenvalue weighted by Crippen LogP contribution is -2.24. The van der Waals surface area contributed by atoms with Crippen molar-refractivity contribution in [3.8, 4) is 23.0 Å². The number of aromatic nitrogens is 3. The lowest BCUT2D eigenvalue weighted by atomic mass is 9.88. The summed E-state index contributed by atoms with van der Waals surface area (Å²) >= 11 is 0. The van der Waals surface area contributed by atoms with Crippen LogP contribution in [0.3, 0.4) is 0 Å². The fraction of sp³-hybridized carbons (Fsp3) is 0.0962. The summed E-state index contributed by atoms with van der Waals surface area (Å²) in [5, 5.41) is 4.82. The number of hydrogen-bond acceptors (Lipinski definition) is 4. The van der Waals surface area contributed by atoms with E-state index in [0.29, 0.717) is 6.67 Å². The van der Waals surface area contributed by atoms with Crippen LogP contribution in [0.1, 0.15) is 26.3 Å². The third kappa shape index (κ3) is 5.44. The maximum atomic E-state index is 6.72. The largest absolute Gasteiger partial charge is 0.457 e. The Labute approximate surface area is 337 Å². The molecule has 0 spiro atoms. The molecule has 0 fully saturated rings. The van der Waals surface area contributed by atoms with E-state index in [9.17, 15) is 0 Å². The van der Waals surface area contributed by atoms with E-state index in [0.717, 1.165) is 50.8 Å². The highest BCUT2D eigenvalue weighted by atomic mass is 16.5. The van der Waals surface area contributed by atoms with Crippen molar-refractivity contribution in [2.24, 2.45) is 0 Å². The van der Waals surface area contributed by atoms with Crippen molar-refractivity contribution < 1.29 is 4.74 Å². The van der Waals surface area contributed by atoms with Gasteiger partial charge in [0.2, 0.25) is 0 Å². The number of rotatable bonds is 6. The second-order valence-corrected chi connectivity index (χ2v) is 16.1. The van der Waals surface area contributed by atoms with Gasteiger partial charge in [0.05, 0.1) is 39.1 Å². The minimum atomic E-state index is -0.00124. The van der Waals surface area contributed by atoms with Gasteiger partial charge in [0.1, 0.15) is 24.0 Å². The number of hydrogen-bond donors (Lipinski definition) is 0. The van der Waals surface area contributed by atoms with Crippen LogP contribution in [0.4, 0.5) is 22.7 Å². The molecular formula is C52H41N5O. The molecule has 0 bridgehead atoms. The van der Waals surface area contributed by atoms with E-state index in [1.165, 1.54) is 44.1 Å². The van der Waals surface area contributed by atoms with E-state index in [2.05, 4.69) is 210 Å². The zero-order valence-electron chi connectivity index (χ0n) is 32.7. The number of pyridine rings is 1. The monoisotopic (exact) mass is 751 g/mol. The highest BCUT2D eigenvalue weighted by molar-refractivity contribution is 6.16. The highest BCUT2D eigenvalue weighted by Gasteiger charge is 2.30. The van der Waals surface area contributed by atoms with Gasteiger partial charge in [-0.15, -0.1) is 0 Å². The van der Waals surface area contributed by atoms with Crippen LogP contribution in [0.15, 0.2) is 182 Å². The fourth-order valence-electron chi connectivity index (χ4n) is 8.84. The van der Waals surface area contributed by atoms with Crippen LogP contribution in [0, 0.1) is 0 Å². The minimum Gasteiger partial charge on any atom is -0.457 e. The summed E-state index contributed by atoms with van der Waals surface area (Å²) in [7, 11) is 0. The van der Waals surface area contributed by atoms with Crippen molar-refractivity contribution >= 4 is 66.4 Å². The third-order valence-corrected chi connectivity index (χ3v) is 11.6. The van der Waals surface area contributed by atoms with Crippen molar-refractivity contribution in [1.29, 1.82) is 0 Å². The van der Waals surface area contributed by atoms with Crippen LogP contribution in [-0.4, -0.2) is 20.8 Å². The zero-order valence-corrected chi connectivity index (χ0v) is 32.7. The van der Waals surface area contributed by atoms with Crippen molar-refractivity contribution in [3.63, 3.8) is 0 Å². The Morgan fingerprint density at radius 1 is 0.466 bits per heavy atom. The van der Waals surface area contributed by atoms with Gasteiger partial charge in [-0.2, -0.15) is 0 Å². The molecule has 11 rings (SSSR count). The molecule has 0 saturated heterocycles. The van der Waals surface area contributed by atoms with Gasteiger partial charge >= 0.3 is 0 Å². The molecule has 0 amide bonds. The van der Waals surface area contributed by atoms with Crippen molar-refractivity contribution in [2.75, 3.05) is 16.5 Å². The van der Waals surface area contributed by atoms with Gasteiger partial charge in [-0.25, -0.2) is 4.98 Å². The van der Waals surface area contributed by atoms with E-state index in [4.69, 9.17) is 9.72 Å². The topological polar surface area (TPSA) is 38.5 Å². The zero-order chi connectivity index (χ0) is 39.0. The Balaban J connectivity index is 0.971. The molecule has 0 radical (unpaired) electrons. The number of nitrogens with zero attached hydrogens (tertiary/aromatic N) is 5. The molecule has 0 unspecified atom stereocenters. The molecule has 0 N–H and O–H groups in total. The number of fused-ring (bicyclic) bond motifs is 7. The smallest absolute Gasteiger partial charge is 0.137 e. The Bertz CT molecular complexity index is 3190. The Hall–Kier alpha value is -7.31. The molecular weight excluding hydrogens is 711 g/mol. The lowest BCUT2D eigenvalue weighted by molar-refractivity contribution is 0.483. The van der Waals surface area contributed by atoms with Crippen molar-refractivity contribution in [2.45, 2.75) is 26.2 Å². The first kappa shape index (κ1) is 34.0. The van der Waals surface area contributed by atoms with Crippen LogP contribution in [-0.2, 0) is 5.41 Å². The maximum Gasteiger partial charge on any atom is 0.137 e. The molecule has 7 aromatic carbocycles. The summed E-state index contributed by atoms with van der Waals surface area (Å²) in [5.74, 6) is 2.44. The van der Waals surface area contributed by atoms with Crippen molar-refractivity contribution in [3.05, 3.63) is 188 Å². The van der Waals surface area contributed by atoms with Crippen LogP contribution in [0.5, 0.6) is 11.5 Å². The van der Waals surface area contributed by atoms with Gasteiger partial charge in [0.15, 0.2) is 0 Å². The van der Waals surface area contributed by atoms with Crippen LogP contribution in [0.25, 0.3) is 55.1 Å². The predicted molar refractivity (Wildman–Crippen MR) is 240 cm³/mol. The molecule has 0 aliphatic carbocycles. The SMILES string of the molecule is CC(C)(C)c1ccnc(-n2c3ccccc3c3ccc(Oc4cccc(N5CN(c6cccc7c6c6ccccc6n7-c6ccccc6)c6ccccc65)c4)cc32)c1. The average Bonchev–Trinajstić information content (AvgIpc) is 3.92. The summed E-state index contributed by atoms with van der Waals surface area (Å²) in [6.07, 6.45) is 1.92. The van der Waals surface area contributed by atoms with E-state index >= 15 is 0 Å². The Morgan fingerprint density at radius 3 is 1.90 bits per heavy atom. The van der Waals surface area contributed by atoms with E-state index in [1.54, 1.807) is 0 Å². The molecule has 10 aromatic rings. The summed E-state index contributed by atoms with van der Waals surface area (Å²) in [6, 6.07) is 62.5. The number of benzene rings is 7. The standard InChI is InChI=1S/C52H41N5O/c1-52(2,3)35-29-30-53-50(31-35)57-43-21-9-7-19-40(43)41-28-27-39(33-49(41)57)58-38-18-13-17-37(32-38)54-34-55(46-24-12-11-23-45(46)54)47-25-14-26-48-51(47)42-20-8-10-22-44(42)56(48)36-15-5-4-6-16-36/h4-33H,34H2,1-3H3. The van der Waals surface area contributed by atoms with Crippen LogP contribution in [0.2, 0.25) is 0 Å². The summed E-state index contributed by atoms with van der Waals surface area (Å²) in [4.78, 5) is 9.70. The molecule has 1 aliphatic heterocycles. The Morgan fingerprint density at radius 2 is 1.09 bits per heavy atom. The van der Waals surface area contributed by atoms with E-state index in [1.807, 2.05) is 12.3 Å². The molecule has 0 atom stereocenters. The second kappa shape index (κ2) is 13.1. The molecule has 1 aliphatic rings. The molecule has 0 saturated carbocycles. The van der Waals surface area contributed by atoms with Gasteiger partial charge < -0.3 is 19.1 Å². The first-order valence-corrected chi connectivity index (χ1v) is 19.9. The van der Waals surface area contributed by atoms with Gasteiger partial charge in [0.25, 0.3) is 0 Å². The maximum absolute atomic E-state index is 6.72. The van der Waals surface area contributed by atoms with Gasteiger partial charge in [-0.3, -0.25) is 4.57 Å². The van der Waals surface area contributed by atoms with Gasteiger partial charge in [0, 0.05) is 51.2 Å². The number of anilines is 4. The molecule has 58 heavy (non-hydrogen) atoms. The second-order valence-electron chi connectivity index (χ2n) is 16.1. The molecule has 4 heterocycles. The Kier molecular flexibility index (Phi) is 7.70. The summed E-state index contributed by atoms with van der Waals surface area (Å²) < 4.78 is 11.4. The molecule has 6 nitrogen and oxygen atoms in total. The quantitative estimate of drug-likeness (QED) is 0.170. The summed E-state index contributed by atoms with van der Waals surface area (Å²) in [6.45, 7) is 7.37. The average molecular weight is 752 g/mol. The molecule has 280 valence electrons. The normalized spacial score (nSPS) is 12.9. The third-order valence-electron chi connectivity index (χ3n) is 11.6. The number of para-hydroxylation sites is 5. The molecule has 6 heteroatoms. The van der Waals surface area contributed by atoms with Crippen molar-refractivity contribution in [1.82, 2.24) is 14.1 Å². The lowest BCUT2D eigenvalue weighted by Gasteiger charge is -2.23.